The average molecular weight is 931 g/mol. The molecule has 0 fully saturated rings. The summed E-state index contributed by atoms with van der Waals surface area (Å²) in [6.07, 6.45) is -4.67. The average Bonchev–Trinajstić information content (AvgIpc) is 3.93. The van der Waals surface area contributed by atoms with Crippen molar-refractivity contribution in [3.8, 4) is 92.3 Å². The molecule has 0 N–H and O–H groups in total. The molecule has 2 heterocycles. The maximum Gasteiger partial charge on any atom is 0.416 e. The van der Waals surface area contributed by atoms with Crippen molar-refractivity contribution in [1.29, 1.82) is 31.6 Å². The number of nitriles is 6. The molecule has 0 radical (unpaired) electrons. The van der Waals surface area contributed by atoms with Crippen LogP contribution in [0.25, 0.3) is 99.5 Å². The number of hydrogen-bond acceptors (Lipinski definition) is 6. The highest BCUT2D eigenvalue weighted by Crippen LogP contribution is 2.44. The first kappa shape index (κ1) is 43.9. The van der Waals surface area contributed by atoms with Crippen molar-refractivity contribution in [3.05, 3.63) is 215 Å². The van der Waals surface area contributed by atoms with Crippen LogP contribution in [0.2, 0.25) is 0 Å². The summed E-state index contributed by atoms with van der Waals surface area (Å²) in [4.78, 5) is 0. The van der Waals surface area contributed by atoms with Crippen LogP contribution in [0.15, 0.2) is 176 Å². The van der Waals surface area contributed by atoms with Crippen molar-refractivity contribution in [1.82, 2.24) is 9.13 Å². The predicted octanol–water partition coefficient (Wildman–Crippen LogP) is 14.8. The standard InChI is InChI=1S/C61H29F3N8/c62-61(63,64)47-13-16-48(46(26-47)35-70)43-10-15-52(60(29-43)72-56-8-4-2-6-50(56)54-28-42(12-18-58(54)72)45-23-39(33-68)20-40(24-45)34-69)51-14-9-36(30-65)25-59(51)71-55-7-3-1-5-49(55)53-27-41(11-17-57(53)71)44-21-37(31-66)19-38(22-44)32-67/h1-29H. The van der Waals surface area contributed by atoms with Crippen molar-refractivity contribution in [2.75, 3.05) is 0 Å². The van der Waals surface area contributed by atoms with Crippen molar-refractivity contribution >= 4 is 43.6 Å². The Hall–Kier alpha value is -10.7. The van der Waals surface area contributed by atoms with Gasteiger partial charge in [-0.2, -0.15) is 44.7 Å². The van der Waals surface area contributed by atoms with E-state index in [0.717, 1.165) is 66.9 Å². The van der Waals surface area contributed by atoms with E-state index in [1.807, 2.05) is 115 Å². The Bertz CT molecular complexity index is 4350. The van der Waals surface area contributed by atoms with Gasteiger partial charge in [0.15, 0.2) is 0 Å². The first-order valence-electron chi connectivity index (χ1n) is 22.3. The minimum atomic E-state index is -4.67. The number of fused-ring (bicyclic) bond motifs is 6. The first-order valence-corrected chi connectivity index (χ1v) is 22.3. The molecule has 0 bridgehead atoms. The topological polar surface area (TPSA) is 153 Å². The molecule has 11 aromatic rings. The molecule has 0 aliphatic carbocycles. The molecule has 334 valence electrons. The zero-order chi connectivity index (χ0) is 49.8. The SMILES string of the molecule is N#Cc1cc(C#N)cc(-c2ccc3c(c2)c2ccccc2n3-c2cc(C#N)ccc2-c2ccc(-c3ccc(C(F)(F)F)cc3C#N)cc2-n2c3ccccc3c3cc(-c4cc(C#N)cc(C#N)c4)ccc32)c1. The van der Waals surface area contributed by atoms with Crippen molar-refractivity contribution in [2.24, 2.45) is 0 Å². The van der Waals surface area contributed by atoms with E-state index in [2.05, 4.69) is 39.5 Å². The highest BCUT2D eigenvalue weighted by atomic mass is 19.4. The number of halogens is 3. The smallest absolute Gasteiger partial charge is 0.309 e. The Morgan fingerprint density at radius 3 is 1.22 bits per heavy atom. The Balaban J connectivity index is 1.20. The van der Waals surface area contributed by atoms with Crippen LogP contribution in [0.4, 0.5) is 13.2 Å². The second-order valence-electron chi connectivity index (χ2n) is 17.2. The highest BCUT2D eigenvalue weighted by molar-refractivity contribution is 6.13. The van der Waals surface area contributed by atoms with Crippen molar-refractivity contribution < 1.29 is 13.2 Å². The van der Waals surface area contributed by atoms with E-state index in [-0.39, 0.29) is 5.56 Å². The van der Waals surface area contributed by atoms with Gasteiger partial charge in [-0.3, -0.25) is 0 Å². The molecule has 11 rings (SSSR count). The molecule has 0 spiro atoms. The Morgan fingerprint density at radius 1 is 0.319 bits per heavy atom. The summed E-state index contributed by atoms with van der Waals surface area (Å²) >= 11 is 0. The van der Waals surface area contributed by atoms with Gasteiger partial charge < -0.3 is 9.13 Å². The Kier molecular flexibility index (Phi) is 10.4. The quantitative estimate of drug-likeness (QED) is 0.162. The number of para-hydroxylation sites is 2. The second kappa shape index (κ2) is 17.1. The predicted molar refractivity (Wildman–Crippen MR) is 270 cm³/mol. The lowest BCUT2D eigenvalue weighted by atomic mass is 9.93. The van der Waals surface area contributed by atoms with Crippen molar-refractivity contribution in [2.45, 2.75) is 6.18 Å². The molecule has 0 unspecified atom stereocenters. The molecular formula is C61H29F3N8. The Morgan fingerprint density at radius 2 is 0.750 bits per heavy atom. The van der Waals surface area contributed by atoms with E-state index < -0.39 is 11.7 Å². The van der Waals surface area contributed by atoms with Gasteiger partial charge in [-0.25, -0.2) is 0 Å². The zero-order valence-electron chi connectivity index (χ0n) is 37.5. The van der Waals surface area contributed by atoms with Gasteiger partial charge in [-0.15, -0.1) is 0 Å². The van der Waals surface area contributed by atoms with E-state index in [0.29, 0.717) is 72.6 Å². The third kappa shape index (κ3) is 7.29. The third-order valence-corrected chi connectivity index (χ3v) is 13.1. The van der Waals surface area contributed by atoms with Gasteiger partial charge in [-0.05, 0) is 137 Å². The summed E-state index contributed by atoms with van der Waals surface area (Å²) in [5.74, 6) is 0. The molecule has 0 aliphatic rings. The maximum absolute atomic E-state index is 14.0. The van der Waals surface area contributed by atoms with Gasteiger partial charge >= 0.3 is 6.18 Å². The second-order valence-corrected chi connectivity index (χ2v) is 17.2. The van der Waals surface area contributed by atoms with Crippen LogP contribution in [-0.2, 0) is 6.18 Å². The van der Waals surface area contributed by atoms with E-state index in [1.54, 1.807) is 42.5 Å². The molecule has 11 heteroatoms. The van der Waals surface area contributed by atoms with E-state index in [4.69, 9.17) is 0 Å². The molecule has 2 aromatic heterocycles. The minimum absolute atomic E-state index is 0.154. The lowest BCUT2D eigenvalue weighted by Gasteiger charge is -2.20. The zero-order valence-corrected chi connectivity index (χ0v) is 37.5. The van der Waals surface area contributed by atoms with Gasteiger partial charge in [0.25, 0.3) is 0 Å². The summed E-state index contributed by atoms with van der Waals surface area (Å²) in [6, 6.07) is 64.7. The maximum atomic E-state index is 14.0. The lowest BCUT2D eigenvalue weighted by molar-refractivity contribution is -0.137. The molecule has 0 amide bonds. The monoisotopic (exact) mass is 930 g/mol. The normalized spacial score (nSPS) is 11.2. The van der Waals surface area contributed by atoms with Gasteiger partial charge in [0.2, 0.25) is 0 Å². The number of aromatic nitrogens is 2. The molecule has 0 saturated carbocycles. The Labute approximate surface area is 409 Å². The van der Waals surface area contributed by atoms with Crippen LogP contribution in [0.3, 0.4) is 0 Å². The molecule has 8 nitrogen and oxygen atoms in total. The van der Waals surface area contributed by atoms with Crippen LogP contribution in [-0.4, -0.2) is 9.13 Å². The van der Waals surface area contributed by atoms with E-state index >= 15 is 0 Å². The first-order chi connectivity index (χ1) is 35.0. The van der Waals surface area contributed by atoms with E-state index in [1.165, 1.54) is 12.1 Å². The number of nitrogens with zero attached hydrogens (tertiary/aromatic N) is 8. The summed E-state index contributed by atoms with van der Waals surface area (Å²) in [6.45, 7) is 0. The lowest BCUT2D eigenvalue weighted by Crippen LogP contribution is -2.05. The summed E-state index contributed by atoms with van der Waals surface area (Å²) in [5, 5.41) is 63.4. The van der Waals surface area contributed by atoms with Gasteiger partial charge in [-0.1, -0.05) is 72.8 Å². The van der Waals surface area contributed by atoms with Gasteiger partial charge in [0.1, 0.15) is 0 Å². The van der Waals surface area contributed by atoms with Crippen LogP contribution < -0.4 is 0 Å². The van der Waals surface area contributed by atoms with Crippen LogP contribution in [0, 0.1) is 68.0 Å². The summed E-state index contributed by atoms with van der Waals surface area (Å²) in [5.41, 5.74) is 10.3. The molecule has 0 saturated heterocycles. The molecule has 0 aliphatic heterocycles. The fraction of sp³-hybridized carbons (Fsp3) is 0.0164. The molecule has 0 atom stereocenters. The number of rotatable bonds is 6. The molecular weight excluding hydrogens is 902 g/mol. The molecule has 9 aromatic carbocycles. The van der Waals surface area contributed by atoms with Gasteiger partial charge in [0, 0.05) is 32.7 Å². The van der Waals surface area contributed by atoms with Gasteiger partial charge in [0.05, 0.1) is 109 Å². The van der Waals surface area contributed by atoms with Crippen LogP contribution in [0.5, 0.6) is 0 Å². The fourth-order valence-corrected chi connectivity index (χ4v) is 9.86. The third-order valence-electron chi connectivity index (χ3n) is 13.1. The number of hydrogen-bond donors (Lipinski definition) is 0. The fourth-order valence-electron chi connectivity index (χ4n) is 9.86. The largest absolute Gasteiger partial charge is 0.416 e. The summed E-state index contributed by atoms with van der Waals surface area (Å²) < 4.78 is 46.2. The highest BCUT2D eigenvalue weighted by Gasteiger charge is 2.31. The van der Waals surface area contributed by atoms with Crippen LogP contribution in [0.1, 0.15) is 38.9 Å². The summed E-state index contributed by atoms with van der Waals surface area (Å²) in [7, 11) is 0. The van der Waals surface area contributed by atoms with Crippen molar-refractivity contribution in [3.63, 3.8) is 0 Å². The molecule has 72 heavy (non-hydrogen) atoms. The van der Waals surface area contributed by atoms with Crippen LogP contribution >= 0.6 is 0 Å². The minimum Gasteiger partial charge on any atom is -0.309 e. The van der Waals surface area contributed by atoms with E-state index in [9.17, 15) is 44.7 Å². The number of benzene rings is 9. The number of alkyl halides is 3.